The SMILES string of the molecule is C=CCC(CC=C)C(=O)NCc1ccccc1CO. The van der Waals surface area contributed by atoms with Gasteiger partial charge in [0.1, 0.15) is 0 Å². The van der Waals surface area contributed by atoms with Crippen LogP contribution in [0.5, 0.6) is 0 Å². The quantitative estimate of drug-likeness (QED) is 0.705. The van der Waals surface area contributed by atoms with Gasteiger partial charge in [-0.05, 0) is 24.0 Å². The molecule has 3 nitrogen and oxygen atoms in total. The van der Waals surface area contributed by atoms with Crippen molar-refractivity contribution in [3.63, 3.8) is 0 Å². The molecule has 0 unspecified atom stereocenters. The van der Waals surface area contributed by atoms with E-state index in [1.165, 1.54) is 0 Å². The summed E-state index contributed by atoms with van der Waals surface area (Å²) >= 11 is 0. The minimum atomic E-state index is -0.115. The normalized spacial score (nSPS) is 10.2. The van der Waals surface area contributed by atoms with Gasteiger partial charge >= 0.3 is 0 Å². The Balaban J connectivity index is 2.61. The Morgan fingerprint density at radius 2 is 1.79 bits per heavy atom. The summed E-state index contributed by atoms with van der Waals surface area (Å²) in [5.41, 5.74) is 1.78. The zero-order valence-electron chi connectivity index (χ0n) is 11.1. The number of rotatable bonds is 8. The lowest BCUT2D eigenvalue weighted by atomic mass is 10.00. The van der Waals surface area contributed by atoms with Crippen molar-refractivity contribution < 1.29 is 9.90 Å². The second kappa shape index (κ2) is 8.27. The summed E-state index contributed by atoms with van der Waals surface area (Å²) in [6, 6.07) is 7.52. The van der Waals surface area contributed by atoms with Gasteiger partial charge in [0.2, 0.25) is 5.91 Å². The van der Waals surface area contributed by atoms with Gasteiger partial charge < -0.3 is 10.4 Å². The van der Waals surface area contributed by atoms with E-state index in [0.717, 1.165) is 11.1 Å². The first-order valence-electron chi connectivity index (χ1n) is 6.40. The smallest absolute Gasteiger partial charge is 0.224 e. The number of nitrogens with one attached hydrogen (secondary N) is 1. The highest BCUT2D eigenvalue weighted by molar-refractivity contribution is 5.79. The fraction of sp³-hybridized carbons (Fsp3) is 0.312. The molecule has 0 radical (unpaired) electrons. The fourth-order valence-electron chi connectivity index (χ4n) is 1.92. The molecule has 0 saturated carbocycles. The third-order valence-corrected chi connectivity index (χ3v) is 3.01. The molecular formula is C16H21NO2. The van der Waals surface area contributed by atoms with Gasteiger partial charge in [-0.15, -0.1) is 13.2 Å². The van der Waals surface area contributed by atoms with E-state index in [-0.39, 0.29) is 18.4 Å². The van der Waals surface area contributed by atoms with E-state index in [4.69, 9.17) is 0 Å². The molecule has 2 N–H and O–H groups in total. The zero-order chi connectivity index (χ0) is 14.1. The van der Waals surface area contributed by atoms with Crippen molar-refractivity contribution in [2.24, 2.45) is 5.92 Å². The van der Waals surface area contributed by atoms with Gasteiger partial charge in [0.25, 0.3) is 0 Å². The van der Waals surface area contributed by atoms with E-state index < -0.39 is 0 Å². The van der Waals surface area contributed by atoms with E-state index >= 15 is 0 Å². The predicted molar refractivity (Wildman–Crippen MR) is 77.3 cm³/mol. The van der Waals surface area contributed by atoms with Crippen LogP contribution in [0, 0.1) is 5.92 Å². The number of hydrogen-bond donors (Lipinski definition) is 2. The molecule has 0 aliphatic carbocycles. The molecule has 0 aliphatic heterocycles. The van der Waals surface area contributed by atoms with Crippen molar-refractivity contribution in [1.29, 1.82) is 0 Å². The van der Waals surface area contributed by atoms with Gasteiger partial charge in [0.15, 0.2) is 0 Å². The molecule has 0 heterocycles. The lowest BCUT2D eigenvalue weighted by molar-refractivity contribution is -0.125. The summed E-state index contributed by atoms with van der Waals surface area (Å²) in [5, 5.41) is 12.1. The highest BCUT2D eigenvalue weighted by Crippen LogP contribution is 2.12. The van der Waals surface area contributed by atoms with Gasteiger partial charge in [-0.25, -0.2) is 0 Å². The molecular weight excluding hydrogens is 238 g/mol. The number of aliphatic hydroxyl groups excluding tert-OH is 1. The van der Waals surface area contributed by atoms with Crippen LogP contribution < -0.4 is 5.32 Å². The lowest BCUT2D eigenvalue weighted by Crippen LogP contribution is -2.30. The Kier molecular flexibility index (Phi) is 6.61. The average Bonchev–Trinajstić information content (AvgIpc) is 2.44. The third kappa shape index (κ3) is 4.72. The number of carbonyl (C=O) groups excluding carboxylic acids is 1. The predicted octanol–water partition coefficient (Wildman–Crippen LogP) is 2.56. The number of hydrogen-bond acceptors (Lipinski definition) is 2. The van der Waals surface area contributed by atoms with Crippen LogP contribution in [0.25, 0.3) is 0 Å². The summed E-state index contributed by atoms with van der Waals surface area (Å²) in [5.74, 6) is -0.121. The maximum Gasteiger partial charge on any atom is 0.224 e. The Morgan fingerprint density at radius 3 is 2.32 bits per heavy atom. The number of benzene rings is 1. The van der Waals surface area contributed by atoms with Crippen molar-refractivity contribution >= 4 is 5.91 Å². The van der Waals surface area contributed by atoms with Gasteiger partial charge in [-0.3, -0.25) is 4.79 Å². The molecule has 0 fully saturated rings. The van der Waals surface area contributed by atoms with Crippen molar-refractivity contribution in [3.8, 4) is 0 Å². The van der Waals surface area contributed by atoms with E-state index in [1.54, 1.807) is 12.2 Å². The molecule has 0 saturated heterocycles. The highest BCUT2D eigenvalue weighted by atomic mass is 16.3. The van der Waals surface area contributed by atoms with Crippen LogP contribution in [0.4, 0.5) is 0 Å². The number of aliphatic hydroxyl groups is 1. The number of allylic oxidation sites excluding steroid dienone is 2. The van der Waals surface area contributed by atoms with Crippen LogP contribution in [0.15, 0.2) is 49.6 Å². The van der Waals surface area contributed by atoms with Crippen LogP contribution in [0.1, 0.15) is 24.0 Å². The van der Waals surface area contributed by atoms with Gasteiger partial charge in [-0.1, -0.05) is 36.4 Å². The molecule has 0 bridgehead atoms. The van der Waals surface area contributed by atoms with E-state index in [9.17, 15) is 9.90 Å². The van der Waals surface area contributed by atoms with Gasteiger partial charge in [0, 0.05) is 12.5 Å². The number of amides is 1. The molecule has 0 atom stereocenters. The van der Waals surface area contributed by atoms with Crippen molar-refractivity contribution in [1.82, 2.24) is 5.32 Å². The lowest BCUT2D eigenvalue weighted by Gasteiger charge is -2.14. The molecule has 0 aliphatic rings. The monoisotopic (exact) mass is 259 g/mol. The van der Waals surface area contributed by atoms with Gasteiger partial charge in [-0.2, -0.15) is 0 Å². The summed E-state index contributed by atoms with van der Waals surface area (Å²) in [6.45, 7) is 7.74. The van der Waals surface area contributed by atoms with E-state index in [0.29, 0.717) is 19.4 Å². The van der Waals surface area contributed by atoms with E-state index in [1.807, 2.05) is 24.3 Å². The minimum Gasteiger partial charge on any atom is -0.392 e. The second-order valence-corrected chi connectivity index (χ2v) is 4.39. The van der Waals surface area contributed by atoms with Crippen LogP contribution in [0.2, 0.25) is 0 Å². The summed E-state index contributed by atoms with van der Waals surface area (Å²) in [7, 11) is 0. The first kappa shape index (κ1) is 15.2. The zero-order valence-corrected chi connectivity index (χ0v) is 11.1. The molecule has 1 amide bonds. The van der Waals surface area contributed by atoms with Gasteiger partial charge in [0.05, 0.1) is 6.61 Å². The Labute approximate surface area is 114 Å². The van der Waals surface area contributed by atoms with Crippen LogP contribution >= 0.6 is 0 Å². The first-order valence-corrected chi connectivity index (χ1v) is 6.40. The molecule has 1 aromatic carbocycles. The minimum absolute atomic E-state index is 0.00690. The van der Waals surface area contributed by atoms with Crippen LogP contribution in [0.3, 0.4) is 0 Å². The number of carbonyl (C=O) groups is 1. The molecule has 0 spiro atoms. The topological polar surface area (TPSA) is 49.3 Å². The Hall–Kier alpha value is -1.87. The molecule has 1 aromatic rings. The summed E-state index contributed by atoms with van der Waals surface area (Å²) < 4.78 is 0. The summed E-state index contributed by atoms with van der Waals surface area (Å²) in [4.78, 5) is 12.0. The van der Waals surface area contributed by atoms with Crippen molar-refractivity contribution in [2.45, 2.75) is 26.0 Å². The average molecular weight is 259 g/mol. The maximum absolute atomic E-state index is 12.0. The molecule has 1 rings (SSSR count). The fourth-order valence-corrected chi connectivity index (χ4v) is 1.92. The summed E-state index contributed by atoms with van der Waals surface area (Å²) in [6.07, 6.45) is 4.77. The van der Waals surface area contributed by atoms with Crippen molar-refractivity contribution in [2.75, 3.05) is 0 Å². The Bertz CT molecular complexity index is 430. The largest absolute Gasteiger partial charge is 0.392 e. The third-order valence-electron chi connectivity index (χ3n) is 3.01. The second-order valence-electron chi connectivity index (χ2n) is 4.39. The van der Waals surface area contributed by atoms with Crippen LogP contribution in [-0.4, -0.2) is 11.0 Å². The molecule has 3 heteroatoms. The molecule has 0 aromatic heterocycles. The van der Waals surface area contributed by atoms with Crippen molar-refractivity contribution in [3.05, 3.63) is 60.7 Å². The highest BCUT2D eigenvalue weighted by Gasteiger charge is 2.15. The molecule has 19 heavy (non-hydrogen) atoms. The standard InChI is InChI=1S/C16H21NO2/c1-3-7-13(8-4-2)16(19)17-11-14-9-5-6-10-15(14)12-18/h3-6,9-10,13,18H,1-2,7-8,11-12H2,(H,17,19). The molecule has 102 valence electrons. The van der Waals surface area contributed by atoms with E-state index in [2.05, 4.69) is 18.5 Å². The van der Waals surface area contributed by atoms with Crippen LogP contribution in [-0.2, 0) is 17.9 Å². The maximum atomic E-state index is 12.0. The first-order chi connectivity index (χ1) is 9.22. The Morgan fingerprint density at radius 1 is 1.21 bits per heavy atom.